The summed E-state index contributed by atoms with van der Waals surface area (Å²) in [4.78, 5) is 0. The first-order chi connectivity index (χ1) is 10.1. The van der Waals surface area contributed by atoms with Gasteiger partial charge in [0.2, 0.25) is 0 Å². The number of nitrogens with zero attached hydrogens (tertiary/aromatic N) is 2. The monoisotopic (exact) mass is 348 g/mol. The molecular formula is C16H17BrN2O2. The van der Waals surface area contributed by atoms with Crippen LogP contribution in [0.3, 0.4) is 0 Å². The highest BCUT2D eigenvalue weighted by molar-refractivity contribution is 9.10. The Labute approximate surface area is 131 Å². The summed E-state index contributed by atoms with van der Waals surface area (Å²) in [5.41, 5.74) is 3.61. The van der Waals surface area contributed by atoms with Crippen LogP contribution in [0.4, 0.5) is 0 Å². The molecule has 3 aromatic rings. The van der Waals surface area contributed by atoms with E-state index in [0.717, 1.165) is 38.8 Å². The lowest BCUT2D eigenvalue weighted by molar-refractivity contribution is 0.176. The molecule has 2 aromatic heterocycles. The molecule has 2 heterocycles. The fourth-order valence-electron chi connectivity index (χ4n) is 2.59. The second kappa shape index (κ2) is 5.66. The topological polar surface area (TPSA) is 51.2 Å². The molecule has 1 N–H and O–H groups in total. The maximum atomic E-state index is 10.6. The SMILES string of the molecule is CCc1nn(C)c(CC(O)c2coc3ccccc23)c1Br. The maximum absolute atomic E-state index is 10.6. The molecular weight excluding hydrogens is 332 g/mol. The van der Waals surface area contributed by atoms with Crippen molar-refractivity contribution < 1.29 is 9.52 Å². The van der Waals surface area contributed by atoms with Gasteiger partial charge in [0, 0.05) is 24.4 Å². The number of para-hydroxylation sites is 1. The molecule has 0 bridgehead atoms. The number of fused-ring (bicyclic) bond motifs is 1. The molecule has 110 valence electrons. The standard InChI is InChI=1S/C16H17BrN2O2/c1-3-12-16(17)13(19(2)18-12)8-14(20)11-9-21-15-7-5-4-6-10(11)15/h4-7,9,14,20H,3,8H2,1-2H3. The molecule has 1 unspecified atom stereocenters. The average molecular weight is 349 g/mol. The largest absolute Gasteiger partial charge is 0.464 e. The number of furan rings is 1. The van der Waals surface area contributed by atoms with Crippen molar-refractivity contribution in [3.8, 4) is 0 Å². The van der Waals surface area contributed by atoms with Gasteiger partial charge in [-0.3, -0.25) is 4.68 Å². The maximum Gasteiger partial charge on any atom is 0.134 e. The third kappa shape index (κ3) is 2.51. The Morgan fingerprint density at radius 1 is 1.38 bits per heavy atom. The lowest BCUT2D eigenvalue weighted by atomic mass is 10.0. The van der Waals surface area contributed by atoms with Gasteiger partial charge in [0.05, 0.1) is 28.2 Å². The summed E-state index contributed by atoms with van der Waals surface area (Å²) in [6, 6.07) is 7.74. The summed E-state index contributed by atoms with van der Waals surface area (Å²) in [5, 5.41) is 16.0. The molecule has 1 atom stereocenters. The minimum atomic E-state index is -0.620. The van der Waals surface area contributed by atoms with Gasteiger partial charge in [-0.05, 0) is 28.4 Å². The number of hydrogen-bond donors (Lipinski definition) is 1. The molecule has 0 amide bonds. The van der Waals surface area contributed by atoms with E-state index in [4.69, 9.17) is 4.42 Å². The minimum absolute atomic E-state index is 0.494. The summed E-state index contributed by atoms with van der Waals surface area (Å²) in [7, 11) is 1.90. The van der Waals surface area contributed by atoms with Crippen molar-refractivity contribution in [3.63, 3.8) is 0 Å². The zero-order chi connectivity index (χ0) is 15.0. The van der Waals surface area contributed by atoms with Gasteiger partial charge in [0.25, 0.3) is 0 Å². The van der Waals surface area contributed by atoms with Crippen molar-refractivity contribution in [2.45, 2.75) is 25.9 Å². The number of hydrogen-bond acceptors (Lipinski definition) is 3. The second-order valence-corrected chi connectivity index (χ2v) is 5.88. The van der Waals surface area contributed by atoms with Crippen LogP contribution >= 0.6 is 15.9 Å². The van der Waals surface area contributed by atoms with Crippen molar-refractivity contribution in [1.29, 1.82) is 0 Å². The Morgan fingerprint density at radius 2 is 2.14 bits per heavy atom. The Kier molecular flexibility index (Phi) is 3.87. The van der Waals surface area contributed by atoms with Crippen molar-refractivity contribution >= 4 is 26.9 Å². The van der Waals surface area contributed by atoms with Gasteiger partial charge < -0.3 is 9.52 Å². The van der Waals surface area contributed by atoms with E-state index in [9.17, 15) is 5.11 Å². The van der Waals surface area contributed by atoms with E-state index in [1.54, 1.807) is 6.26 Å². The molecule has 1 aromatic carbocycles. The summed E-state index contributed by atoms with van der Waals surface area (Å²) < 4.78 is 8.31. The lowest BCUT2D eigenvalue weighted by Crippen LogP contribution is -2.06. The molecule has 0 aliphatic rings. The minimum Gasteiger partial charge on any atom is -0.464 e. The molecule has 3 rings (SSSR count). The number of halogens is 1. The van der Waals surface area contributed by atoms with Gasteiger partial charge in [0.15, 0.2) is 0 Å². The van der Waals surface area contributed by atoms with Crippen LogP contribution in [0.1, 0.15) is 30.0 Å². The van der Waals surface area contributed by atoms with Gasteiger partial charge in [0.1, 0.15) is 5.58 Å². The van der Waals surface area contributed by atoms with E-state index >= 15 is 0 Å². The molecule has 0 saturated carbocycles. The predicted octanol–water partition coefficient (Wildman–Crippen LogP) is 3.77. The highest BCUT2D eigenvalue weighted by Gasteiger charge is 2.20. The van der Waals surface area contributed by atoms with Crippen LogP contribution < -0.4 is 0 Å². The summed E-state index contributed by atoms with van der Waals surface area (Å²) in [5.74, 6) is 0. The van der Waals surface area contributed by atoms with Crippen LogP contribution in [0.15, 0.2) is 39.4 Å². The fraction of sp³-hybridized carbons (Fsp3) is 0.312. The Bertz CT molecular complexity index is 776. The number of aromatic nitrogens is 2. The molecule has 0 aliphatic carbocycles. The first-order valence-corrected chi connectivity index (χ1v) is 7.75. The van der Waals surface area contributed by atoms with Crippen LogP contribution in [-0.4, -0.2) is 14.9 Å². The van der Waals surface area contributed by atoms with E-state index in [2.05, 4.69) is 28.0 Å². The molecule has 5 heteroatoms. The van der Waals surface area contributed by atoms with Crippen LogP contribution in [0.25, 0.3) is 11.0 Å². The Balaban J connectivity index is 1.93. The normalized spacial score (nSPS) is 13.0. The molecule has 0 spiro atoms. The van der Waals surface area contributed by atoms with E-state index < -0.39 is 6.10 Å². The van der Waals surface area contributed by atoms with Crippen molar-refractivity contribution in [2.75, 3.05) is 0 Å². The van der Waals surface area contributed by atoms with Crippen molar-refractivity contribution in [2.24, 2.45) is 7.05 Å². The second-order valence-electron chi connectivity index (χ2n) is 5.09. The average Bonchev–Trinajstić information content (AvgIpc) is 3.03. The van der Waals surface area contributed by atoms with E-state index in [1.165, 1.54) is 0 Å². The summed E-state index contributed by atoms with van der Waals surface area (Å²) >= 11 is 3.59. The third-order valence-electron chi connectivity index (χ3n) is 3.76. The van der Waals surface area contributed by atoms with Gasteiger partial charge in [-0.2, -0.15) is 5.10 Å². The molecule has 0 aliphatic heterocycles. The Hall–Kier alpha value is -1.59. The molecule has 4 nitrogen and oxygen atoms in total. The van der Waals surface area contributed by atoms with Gasteiger partial charge >= 0.3 is 0 Å². The number of aliphatic hydroxyl groups excluding tert-OH is 1. The Morgan fingerprint density at radius 3 is 2.86 bits per heavy atom. The van der Waals surface area contributed by atoms with Crippen LogP contribution in [-0.2, 0) is 19.9 Å². The smallest absolute Gasteiger partial charge is 0.134 e. The molecule has 0 fully saturated rings. The summed E-state index contributed by atoms with van der Waals surface area (Å²) in [6.07, 6.45) is 2.37. The van der Waals surface area contributed by atoms with Gasteiger partial charge in [-0.15, -0.1) is 0 Å². The molecule has 21 heavy (non-hydrogen) atoms. The van der Waals surface area contributed by atoms with E-state index in [0.29, 0.717) is 6.42 Å². The number of aliphatic hydroxyl groups is 1. The highest BCUT2D eigenvalue weighted by atomic mass is 79.9. The first-order valence-electron chi connectivity index (χ1n) is 6.96. The summed E-state index contributed by atoms with van der Waals surface area (Å²) in [6.45, 7) is 2.07. The van der Waals surface area contributed by atoms with E-state index in [1.807, 2.05) is 36.0 Å². The number of aryl methyl sites for hydroxylation is 2. The zero-order valence-corrected chi connectivity index (χ0v) is 13.6. The first kappa shape index (κ1) is 14.4. The third-order valence-corrected chi connectivity index (χ3v) is 4.67. The zero-order valence-electron chi connectivity index (χ0n) is 12.0. The van der Waals surface area contributed by atoms with Crippen LogP contribution in [0.5, 0.6) is 0 Å². The quantitative estimate of drug-likeness (QED) is 0.780. The fourth-order valence-corrected chi connectivity index (χ4v) is 3.37. The molecule has 0 saturated heterocycles. The van der Waals surface area contributed by atoms with Gasteiger partial charge in [-0.1, -0.05) is 25.1 Å². The van der Waals surface area contributed by atoms with E-state index in [-0.39, 0.29) is 0 Å². The predicted molar refractivity (Wildman–Crippen MR) is 85.2 cm³/mol. The molecule has 0 radical (unpaired) electrons. The van der Waals surface area contributed by atoms with Crippen molar-refractivity contribution in [3.05, 3.63) is 52.0 Å². The lowest BCUT2D eigenvalue weighted by Gasteiger charge is -2.10. The van der Waals surface area contributed by atoms with Crippen molar-refractivity contribution in [1.82, 2.24) is 9.78 Å². The highest BCUT2D eigenvalue weighted by Crippen LogP contribution is 2.31. The van der Waals surface area contributed by atoms with Gasteiger partial charge in [-0.25, -0.2) is 0 Å². The van der Waals surface area contributed by atoms with Crippen LogP contribution in [0.2, 0.25) is 0 Å². The number of rotatable bonds is 4. The van der Waals surface area contributed by atoms with Crippen LogP contribution in [0, 0.1) is 0 Å². The number of benzene rings is 1.